The van der Waals surface area contributed by atoms with Crippen LogP contribution in [0.15, 0.2) is 28.8 Å². The molecule has 5 heteroatoms. The lowest BCUT2D eigenvalue weighted by Crippen LogP contribution is -2.36. The lowest BCUT2D eigenvalue weighted by atomic mass is 9.74. The SMILES string of the molecule is Cc1cc2c(o1)CC(C)(C)CC2NC(=O)c1cccnc1N1CCCC1. The number of amides is 1. The maximum Gasteiger partial charge on any atom is 0.255 e. The van der Waals surface area contributed by atoms with E-state index in [9.17, 15) is 4.79 Å². The van der Waals surface area contributed by atoms with Crippen LogP contribution in [0, 0.1) is 12.3 Å². The predicted molar refractivity (Wildman–Crippen MR) is 101 cm³/mol. The molecule has 4 rings (SSSR count). The Morgan fingerprint density at radius 2 is 2.12 bits per heavy atom. The Labute approximate surface area is 154 Å². The van der Waals surface area contributed by atoms with Crippen LogP contribution in [0.5, 0.6) is 0 Å². The molecule has 1 aliphatic carbocycles. The molecule has 0 spiro atoms. The summed E-state index contributed by atoms with van der Waals surface area (Å²) >= 11 is 0. The lowest BCUT2D eigenvalue weighted by Gasteiger charge is -2.34. The Balaban J connectivity index is 1.61. The van der Waals surface area contributed by atoms with E-state index in [1.165, 1.54) is 0 Å². The molecule has 1 aliphatic heterocycles. The van der Waals surface area contributed by atoms with Crippen molar-refractivity contribution in [3.63, 3.8) is 0 Å². The topological polar surface area (TPSA) is 58.4 Å². The second-order valence-corrected chi connectivity index (χ2v) is 8.38. The van der Waals surface area contributed by atoms with Crippen molar-refractivity contribution in [3.8, 4) is 0 Å². The minimum absolute atomic E-state index is 0.0228. The average Bonchev–Trinajstić information content (AvgIpc) is 3.23. The Morgan fingerprint density at radius 3 is 2.88 bits per heavy atom. The lowest BCUT2D eigenvalue weighted by molar-refractivity contribution is 0.0917. The largest absolute Gasteiger partial charge is 0.466 e. The number of carbonyl (C=O) groups is 1. The first-order valence-corrected chi connectivity index (χ1v) is 9.53. The zero-order valence-electron chi connectivity index (χ0n) is 15.8. The summed E-state index contributed by atoms with van der Waals surface area (Å²) in [6, 6.07) is 5.77. The van der Waals surface area contributed by atoms with Crippen LogP contribution in [-0.4, -0.2) is 24.0 Å². The van der Waals surface area contributed by atoms with Gasteiger partial charge in [-0.25, -0.2) is 4.98 Å². The number of furan rings is 1. The molecule has 3 heterocycles. The molecule has 0 saturated carbocycles. The maximum atomic E-state index is 13.1. The van der Waals surface area contributed by atoms with E-state index in [1.54, 1.807) is 6.20 Å². The Bertz CT molecular complexity index is 818. The van der Waals surface area contributed by atoms with E-state index < -0.39 is 0 Å². The highest BCUT2D eigenvalue weighted by atomic mass is 16.3. The van der Waals surface area contributed by atoms with E-state index in [4.69, 9.17) is 4.42 Å². The fraction of sp³-hybridized carbons (Fsp3) is 0.524. The number of carbonyl (C=O) groups excluding carboxylic acids is 1. The van der Waals surface area contributed by atoms with E-state index in [2.05, 4.69) is 35.1 Å². The van der Waals surface area contributed by atoms with Crippen LogP contribution >= 0.6 is 0 Å². The number of nitrogens with one attached hydrogen (secondary N) is 1. The monoisotopic (exact) mass is 353 g/mol. The van der Waals surface area contributed by atoms with Crippen molar-refractivity contribution in [1.82, 2.24) is 10.3 Å². The quantitative estimate of drug-likeness (QED) is 0.905. The highest BCUT2D eigenvalue weighted by Crippen LogP contribution is 2.42. The Hall–Kier alpha value is -2.30. The van der Waals surface area contributed by atoms with Gasteiger partial charge in [0.1, 0.15) is 17.3 Å². The first-order chi connectivity index (χ1) is 12.4. The van der Waals surface area contributed by atoms with Crippen LogP contribution in [0.3, 0.4) is 0 Å². The molecule has 0 aromatic carbocycles. The minimum atomic E-state index is -0.0486. The van der Waals surface area contributed by atoms with Gasteiger partial charge in [-0.3, -0.25) is 4.79 Å². The molecule has 5 nitrogen and oxygen atoms in total. The predicted octanol–water partition coefficient (Wildman–Crippen LogP) is 4.03. The number of rotatable bonds is 3. The average molecular weight is 353 g/mol. The smallest absolute Gasteiger partial charge is 0.255 e. The van der Waals surface area contributed by atoms with Gasteiger partial charge in [-0.15, -0.1) is 0 Å². The normalized spacial score (nSPS) is 21.5. The van der Waals surface area contributed by atoms with Crippen molar-refractivity contribution < 1.29 is 9.21 Å². The molecule has 0 radical (unpaired) electrons. The first-order valence-electron chi connectivity index (χ1n) is 9.53. The summed E-state index contributed by atoms with van der Waals surface area (Å²) in [5, 5.41) is 3.26. The van der Waals surface area contributed by atoms with Crippen molar-refractivity contribution in [2.75, 3.05) is 18.0 Å². The van der Waals surface area contributed by atoms with Gasteiger partial charge >= 0.3 is 0 Å². The third-order valence-electron chi connectivity index (χ3n) is 5.48. The number of aromatic nitrogens is 1. The van der Waals surface area contributed by atoms with Gasteiger partial charge in [0.05, 0.1) is 11.6 Å². The molecule has 1 unspecified atom stereocenters. The van der Waals surface area contributed by atoms with Crippen LogP contribution in [0.4, 0.5) is 5.82 Å². The van der Waals surface area contributed by atoms with Crippen LogP contribution < -0.4 is 10.2 Å². The molecular formula is C21H27N3O2. The van der Waals surface area contributed by atoms with Crippen molar-refractivity contribution in [3.05, 3.63) is 47.0 Å². The van der Waals surface area contributed by atoms with Crippen molar-refractivity contribution in [2.45, 2.75) is 52.5 Å². The molecule has 2 aliphatic rings. The van der Waals surface area contributed by atoms with Crippen molar-refractivity contribution in [1.29, 1.82) is 0 Å². The van der Waals surface area contributed by atoms with E-state index in [1.807, 2.05) is 19.1 Å². The summed E-state index contributed by atoms with van der Waals surface area (Å²) in [7, 11) is 0. The fourth-order valence-corrected chi connectivity index (χ4v) is 4.30. The number of anilines is 1. The molecule has 1 atom stereocenters. The zero-order chi connectivity index (χ0) is 18.3. The number of hydrogen-bond acceptors (Lipinski definition) is 4. The Kier molecular flexibility index (Phi) is 4.25. The van der Waals surface area contributed by atoms with E-state index in [0.29, 0.717) is 5.56 Å². The summed E-state index contributed by atoms with van der Waals surface area (Å²) in [5.74, 6) is 2.68. The molecule has 1 N–H and O–H groups in total. The van der Waals surface area contributed by atoms with E-state index in [0.717, 1.165) is 61.7 Å². The summed E-state index contributed by atoms with van der Waals surface area (Å²) in [6.45, 7) is 8.37. The summed E-state index contributed by atoms with van der Waals surface area (Å²) in [4.78, 5) is 19.8. The van der Waals surface area contributed by atoms with E-state index >= 15 is 0 Å². The second kappa shape index (κ2) is 6.45. The van der Waals surface area contributed by atoms with Gasteiger partial charge in [-0.2, -0.15) is 0 Å². The van der Waals surface area contributed by atoms with Crippen LogP contribution in [0.25, 0.3) is 0 Å². The molecule has 1 amide bonds. The minimum Gasteiger partial charge on any atom is -0.466 e. The van der Waals surface area contributed by atoms with Gasteiger partial charge < -0.3 is 14.6 Å². The molecule has 0 bridgehead atoms. The number of pyridine rings is 1. The van der Waals surface area contributed by atoms with Gasteiger partial charge in [0.25, 0.3) is 5.91 Å². The maximum absolute atomic E-state index is 13.1. The standard InChI is InChI=1S/C21H27N3O2/c1-14-11-16-17(12-21(2,3)13-18(16)26-14)23-20(25)15-7-6-8-22-19(15)24-9-4-5-10-24/h6-8,11,17H,4-5,9-10,12-13H2,1-3H3,(H,23,25). The third-order valence-corrected chi connectivity index (χ3v) is 5.48. The van der Waals surface area contributed by atoms with Crippen LogP contribution in [-0.2, 0) is 6.42 Å². The molecule has 1 saturated heterocycles. The number of fused-ring (bicyclic) bond motifs is 1. The highest BCUT2D eigenvalue weighted by molar-refractivity contribution is 5.99. The summed E-state index contributed by atoms with van der Waals surface area (Å²) < 4.78 is 5.89. The Morgan fingerprint density at radius 1 is 1.35 bits per heavy atom. The fourth-order valence-electron chi connectivity index (χ4n) is 4.30. The summed E-state index contributed by atoms with van der Waals surface area (Å²) in [6.07, 6.45) is 5.91. The highest BCUT2D eigenvalue weighted by Gasteiger charge is 2.36. The van der Waals surface area contributed by atoms with Gasteiger partial charge in [-0.05, 0) is 49.8 Å². The van der Waals surface area contributed by atoms with Crippen LogP contribution in [0.1, 0.15) is 66.6 Å². The third kappa shape index (κ3) is 3.22. The van der Waals surface area contributed by atoms with Crippen molar-refractivity contribution in [2.24, 2.45) is 5.41 Å². The summed E-state index contributed by atoms with van der Waals surface area (Å²) in [5.41, 5.74) is 1.89. The molecule has 2 aromatic heterocycles. The van der Waals surface area contributed by atoms with Gasteiger partial charge in [-0.1, -0.05) is 13.8 Å². The van der Waals surface area contributed by atoms with Crippen molar-refractivity contribution >= 4 is 11.7 Å². The number of nitrogens with zero attached hydrogens (tertiary/aromatic N) is 2. The van der Waals surface area contributed by atoms with Gasteiger partial charge in [0, 0.05) is 31.3 Å². The van der Waals surface area contributed by atoms with E-state index in [-0.39, 0.29) is 17.4 Å². The molecule has 2 aromatic rings. The van der Waals surface area contributed by atoms with Gasteiger partial charge in [0.15, 0.2) is 0 Å². The molecular weight excluding hydrogens is 326 g/mol. The molecule has 138 valence electrons. The second-order valence-electron chi connectivity index (χ2n) is 8.38. The number of hydrogen-bond donors (Lipinski definition) is 1. The zero-order valence-corrected chi connectivity index (χ0v) is 15.8. The first kappa shape index (κ1) is 17.1. The van der Waals surface area contributed by atoms with Gasteiger partial charge in [0.2, 0.25) is 0 Å². The molecule has 26 heavy (non-hydrogen) atoms. The molecule has 1 fully saturated rings. The number of aryl methyl sites for hydroxylation is 1. The van der Waals surface area contributed by atoms with Crippen LogP contribution in [0.2, 0.25) is 0 Å².